The normalized spacial score (nSPS) is 11.0. The van der Waals surface area contributed by atoms with Crippen molar-refractivity contribution in [1.29, 1.82) is 0 Å². The van der Waals surface area contributed by atoms with E-state index in [4.69, 9.17) is 11.6 Å². The van der Waals surface area contributed by atoms with Crippen molar-refractivity contribution in [3.05, 3.63) is 93.7 Å². The minimum Gasteiger partial charge on any atom is -0.350 e. The Labute approximate surface area is 170 Å². The summed E-state index contributed by atoms with van der Waals surface area (Å²) in [5.74, 6) is -0.818. The number of benzene rings is 2. The van der Waals surface area contributed by atoms with Crippen molar-refractivity contribution in [2.75, 3.05) is 0 Å². The summed E-state index contributed by atoms with van der Waals surface area (Å²) in [4.78, 5) is 29.8. The van der Waals surface area contributed by atoms with Gasteiger partial charge in [-0.2, -0.15) is 0 Å². The summed E-state index contributed by atoms with van der Waals surface area (Å²) < 4.78 is 16.0. The Bertz CT molecular complexity index is 1250. The van der Waals surface area contributed by atoms with E-state index < -0.39 is 5.82 Å². The van der Waals surface area contributed by atoms with Gasteiger partial charge in [0.2, 0.25) is 5.91 Å². The lowest BCUT2D eigenvalue weighted by molar-refractivity contribution is -0.121. The van der Waals surface area contributed by atoms with Gasteiger partial charge in [0.25, 0.3) is 0 Å². The minimum absolute atomic E-state index is 0.127. The molecule has 4 aromatic rings. The molecule has 146 valence electrons. The van der Waals surface area contributed by atoms with Crippen LogP contribution in [-0.2, 0) is 17.9 Å². The van der Waals surface area contributed by atoms with Crippen LogP contribution >= 0.6 is 11.6 Å². The van der Waals surface area contributed by atoms with E-state index in [2.05, 4.69) is 10.3 Å². The van der Waals surface area contributed by atoms with Crippen LogP contribution in [0.4, 0.5) is 4.39 Å². The van der Waals surface area contributed by atoms with Gasteiger partial charge in [0, 0.05) is 17.8 Å². The molecule has 0 aliphatic rings. The summed E-state index contributed by atoms with van der Waals surface area (Å²) in [5.41, 5.74) is 1.91. The first-order valence-corrected chi connectivity index (χ1v) is 9.24. The Morgan fingerprint density at radius 2 is 1.90 bits per heavy atom. The van der Waals surface area contributed by atoms with Gasteiger partial charge in [-0.1, -0.05) is 35.9 Å². The summed E-state index contributed by atoms with van der Waals surface area (Å²) >= 11 is 5.99. The lowest BCUT2D eigenvalue weighted by Crippen LogP contribution is -2.32. The number of imidazole rings is 1. The number of para-hydroxylation sites is 1. The molecule has 0 bridgehead atoms. The Hall–Kier alpha value is -3.45. The predicted octanol–water partition coefficient (Wildman–Crippen LogP) is 3.30. The molecule has 2 aromatic heterocycles. The van der Waals surface area contributed by atoms with Gasteiger partial charge in [-0.05, 0) is 42.0 Å². The Morgan fingerprint density at radius 1 is 1.10 bits per heavy atom. The molecule has 4 rings (SSSR count). The highest BCUT2D eigenvalue weighted by atomic mass is 35.5. The Balaban J connectivity index is 1.62. The molecule has 0 saturated heterocycles. The second-order valence-corrected chi connectivity index (χ2v) is 6.81. The molecule has 0 aliphatic heterocycles. The number of amides is 1. The van der Waals surface area contributed by atoms with Crippen LogP contribution in [0.5, 0.6) is 0 Å². The van der Waals surface area contributed by atoms with Crippen LogP contribution in [0.1, 0.15) is 5.56 Å². The molecule has 0 atom stereocenters. The molecule has 1 N–H and O–H groups in total. The average molecular weight is 411 g/mol. The molecule has 0 aliphatic carbocycles. The fourth-order valence-corrected chi connectivity index (χ4v) is 3.34. The lowest BCUT2D eigenvalue weighted by atomic mass is 10.2. The van der Waals surface area contributed by atoms with Gasteiger partial charge in [-0.15, -0.1) is 0 Å². The van der Waals surface area contributed by atoms with Gasteiger partial charge < -0.3 is 5.32 Å². The fraction of sp³-hybridized carbons (Fsp3) is 0.0952. The van der Waals surface area contributed by atoms with Crippen molar-refractivity contribution in [3.8, 4) is 5.69 Å². The lowest BCUT2D eigenvalue weighted by Gasteiger charge is -2.08. The largest absolute Gasteiger partial charge is 0.350 e. The number of halogens is 2. The number of hydrogen-bond acceptors (Lipinski definition) is 3. The van der Waals surface area contributed by atoms with E-state index in [1.165, 1.54) is 27.3 Å². The molecule has 0 fully saturated rings. The fourth-order valence-electron chi connectivity index (χ4n) is 3.11. The second-order valence-electron chi connectivity index (χ2n) is 6.40. The highest BCUT2D eigenvalue weighted by Crippen LogP contribution is 2.17. The van der Waals surface area contributed by atoms with Crippen LogP contribution in [0.15, 0.2) is 71.7 Å². The zero-order valence-electron chi connectivity index (χ0n) is 15.2. The topological polar surface area (TPSA) is 68.9 Å². The molecule has 8 heteroatoms. The minimum atomic E-state index is -0.446. The van der Waals surface area contributed by atoms with E-state index in [0.29, 0.717) is 22.4 Å². The number of aromatic nitrogens is 3. The molecule has 0 spiro atoms. The highest BCUT2D eigenvalue weighted by molar-refractivity contribution is 6.31. The number of carbonyl (C=O) groups excluding carboxylic acids is 1. The SMILES string of the molecule is O=C(Cn1c(=O)n(-c2ccccc2)c2ncccc21)NCc1ccc(F)cc1Cl. The third-order valence-electron chi connectivity index (χ3n) is 4.50. The number of fused-ring (bicyclic) bond motifs is 1. The van der Waals surface area contributed by atoms with Crippen molar-refractivity contribution >= 4 is 28.7 Å². The summed E-state index contributed by atoms with van der Waals surface area (Å²) in [6, 6.07) is 16.5. The zero-order chi connectivity index (χ0) is 20.4. The predicted molar refractivity (Wildman–Crippen MR) is 109 cm³/mol. The summed E-state index contributed by atoms with van der Waals surface area (Å²) in [6.45, 7) is -0.0536. The van der Waals surface area contributed by atoms with E-state index in [0.717, 1.165) is 0 Å². The molecule has 2 aromatic carbocycles. The molecule has 29 heavy (non-hydrogen) atoms. The number of rotatable bonds is 5. The van der Waals surface area contributed by atoms with E-state index in [9.17, 15) is 14.0 Å². The van der Waals surface area contributed by atoms with E-state index in [1.54, 1.807) is 30.5 Å². The van der Waals surface area contributed by atoms with Gasteiger partial charge in [-0.3, -0.25) is 9.36 Å². The maximum Gasteiger partial charge on any atom is 0.335 e. The van der Waals surface area contributed by atoms with Crippen LogP contribution in [0.2, 0.25) is 5.02 Å². The van der Waals surface area contributed by atoms with Gasteiger partial charge >= 0.3 is 5.69 Å². The maximum absolute atomic E-state index is 13.2. The third-order valence-corrected chi connectivity index (χ3v) is 4.85. The first kappa shape index (κ1) is 18.9. The Morgan fingerprint density at radius 3 is 2.66 bits per heavy atom. The molecule has 2 heterocycles. The van der Waals surface area contributed by atoms with Crippen molar-refractivity contribution in [1.82, 2.24) is 19.4 Å². The molecular weight excluding hydrogens is 395 g/mol. The molecule has 0 radical (unpaired) electrons. The number of carbonyl (C=O) groups is 1. The van der Waals surface area contributed by atoms with E-state index >= 15 is 0 Å². The van der Waals surface area contributed by atoms with Crippen LogP contribution in [0.3, 0.4) is 0 Å². The van der Waals surface area contributed by atoms with Crippen molar-refractivity contribution in [2.45, 2.75) is 13.1 Å². The summed E-state index contributed by atoms with van der Waals surface area (Å²) in [5, 5.41) is 2.94. The van der Waals surface area contributed by atoms with Crippen LogP contribution in [0.25, 0.3) is 16.9 Å². The number of nitrogens with zero attached hydrogens (tertiary/aromatic N) is 3. The standard InChI is InChI=1S/C21H16ClFN4O2/c22-17-11-15(23)9-8-14(17)12-25-19(28)13-26-18-7-4-10-24-20(18)27(21(26)29)16-5-2-1-3-6-16/h1-11H,12-13H2,(H,25,28). The monoisotopic (exact) mass is 410 g/mol. The molecule has 6 nitrogen and oxygen atoms in total. The number of hydrogen-bond donors (Lipinski definition) is 1. The van der Waals surface area contributed by atoms with Gasteiger partial charge in [0.05, 0.1) is 11.2 Å². The zero-order valence-corrected chi connectivity index (χ0v) is 15.9. The van der Waals surface area contributed by atoms with Crippen LogP contribution in [0, 0.1) is 5.82 Å². The summed E-state index contributed by atoms with van der Waals surface area (Å²) in [6.07, 6.45) is 1.60. The quantitative estimate of drug-likeness (QED) is 0.549. The van der Waals surface area contributed by atoms with Crippen molar-refractivity contribution in [2.24, 2.45) is 0 Å². The van der Waals surface area contributed by atoms with Crippen LogP contribution in [-0.4, -0.2) is 20.0 Å². The number of pyridine rings is 1. The number of nitrogens with one attached hydrogen (secondary N) is 1. The molecule has 0 unspecified atom stereocenters. The molecule has 1 amide bonds. The second kappa shape index (κ2) is 7.89. The smallest absolute Gasteiger partial charge is 0.335 e. The Kier molecular flexibility index (Phi) is 5.14. The highest BCUT2D eigenvalue weighted by Gasteiger charge is 2.17. The van der Waals surface area contributed by atoms with Gasteiger partial charge in [-0.25, -0.2) is 18.7 Å². The van der Waals surface area contributed by atoms with Crippen molar-refractivity contribution < 1.29 is 9.18 Å². The maximum atomic E-state index is 13.2. The van der Waals surface area contributed by atoms with Crippen molar-refractivity contribution in [3.63, 3.8) is 0 Å². The van der Waals surface area contributed by atoms with Gasteiger partial charge in [0.1, 0.15) is 12.4 Å². The first-order valence-electron chi connectivity index (χ1n) is 8.87. The first-order chi connectivity index (χ1) is 14.0. The molecular formula is C21H16ClFN4O2. The molecule has 0 saturated carbocycles. The summed E-state index contributed by atoms with van der Waals surface area (Å²) in [7, 11) is 0. The average Bonchev–Trinajstić information content (AvgIpc) is 2.99. The van der Waals surface area contributed by atoms with Gasteiger partial charge in [0.15, 0.2) is 5.65 Å². The third kappa shape index (κ3) is 3.77. The van der Waals surface area contributed by atoms with E-state index in [1.807, 2.05) is 18.2 Å². The van der Waals surface area contributed by atoms with Crippen LogP contribution < -0.4 is 11.0 Å². The van der Waals surface area contributed by atoms with E-state index in [-0.39, 0.29) is 29.7 Å².